The van der Waals surface area contributed by atoms with Gasteiger partial charge in [0.05, 0.1) is 23.7 Å². The van der Waals surface area contributed by atoms with Gasteiger partial charge in [0, 0.05) is 19.3 Å². The van der Waals surface area contributed by atoms with E-state index in [1.54, 1.807) is 19.2 Å². The van der Waals surface area contributed by atoms with Crippen molar-refractivity contribution in [1.29, 1.82) is 0 Å². The Bertz CT molecular complexity index is 961. The minimum absolute atomic E-state index is 0.108. The molecular formula is C19H20N4O2. The van der Waals surface area contributed by atoms with Gasteiger partial charge in [0.1, 0.15) is 5.82 Å². The van der Waals surface area contributed by atoms with Crippen LogP contribution in [0.25, 0.3) is 10.9 Å². The highest BCUT2D eigenvalue weighted by Crippen LogP contribution is 2.13. The minimum Gasteiger partial charge on any atom is -0.395 e. The summed E-state index contributed by atoms with van der Waals surface area (Å²) in [5.74, 6) is 0.541. The Balaban J connectivity index is 1.89. The van der Waals surface area contributed by atoms with E-state index in [0.29, 0.717) is 23.3 Å². The zero-order chi connectivity index (χ0) is 17.8. The lowest BCUT2D eigenvalue weighted by atomic mass is 10.2. The second-order valence-corrected chi connectivity index (χ2v) is 5.77. The summed E-state index contributed by atoms with van der Waals surface area (Å²) in [5.41, 5.74) is 2.37. The Morgan fingerprint density at radius 2 is 1.92 bits per heavy atom. The van der Waals surface area contributed by atoms with Crippen LogP contribution in [0.1, 0.15) is 11.4 Å². The highest BCUT2D eigenvalue weighted by molar-refractivity contribution is 5.81. The van der Waals surface area contributed by atoms with Gasteiger partial charge in [-0.3, -0.25) is 4.79 Å². The molecular weight excluding hydrogens is 316 g/mol. The standard InChI is InChI=1S/C19H20N4O2/c1-14-21-18-6-4-3-5-17(18)19(25)23(14)20-13-15-7-9-16(10-8-15)22(2)11-12-24/h3-10,13,24H,11-12H2,1-2H3/b20-13-. The maximum atomic E-state index is 12.6. The fourth-order valence-corrected chi connectivity index (χ4v) is 2.59. The van der Waals surface area contributed by atoms with E-state index in [4.69, 9.17) is 5.11 Å². The van der Waals surface area contributed by atoms with E-state index in [0.717, 1.165) is 11.3 Å². The molecule has 6 nitrogen and oxygen atoms in total. The summed E-state index contributed by atoms with van der Waals surface area (Å²) in [7, 11) is 1.92. The maximum absolute atomic E-state index is 12.6. The summed E-state index contributed by atoms with van der Waals surface area (Å²) < 4.78 is 1.31. The number of benzene rings is 2. The number of fused-ring (bicyclic) bond motifs is 1. The molecule has 0 aliphatic rings. The molecule has 0 saturated heterocycles. The summed E-state index contributed by atoms with van der Waals surface area (Å²) in [6, 6.07) is 15.0. The smallest absolute Gasteiger partial charge is 0.282 e. The Labute approximate surface area is 145 Å². The Morgan fingerprint density at radius 1 is 1.20 bits per heavy atom. The molecule has 1 heterocycles. The highest BCUT2D eigenvalue weighted by atomic mass is 16.3. The molecule has 0 amide bonds. The first kappa shape index (κ1) is 16.9. The molecule has 0 saturated carbocycles. The number of anilines is 1. The third-order valence-corrected chi connectivity index (χ3v) is 4.01. The molecule has 0 fully saturated rings. The van der Waals surface area contributed by atoms with Gasteiger partial charge in [-0.2, -0.15) is 9.78 Å². The number of aliphatic hydroxyl groups excluding tert-OH is 1. The first-order chi connectivity index (χ1) is 12.1. The van der Waals surface area contributed by atoms with Crippen molar-refractivity contribution in [1.82, 2.24) is 9.66 Å². The van der Waals surface area contributed by atoms with Crippen LogP contribution in [-0.4, -0.2) is 41.2 Å². The predicted molar refractivity (Wildman–Crippen MR) is 101 cm³/mol. The van der Waals surface area contributed by atoms with E-state index in [2.05, 4.69) is 10.1 Å². The number of aromatic nitrogens is 2. The van der Waals surface area contributed by atoms with Crippen LogP contribution in [0.2, 0.25) is 0 Å². The molecule has 0 radical (unpaired) electrons. The molecule has 0 spiro atoms. The van der Waals surface area contributed by atoms with Crippen molar-refractivity contribution in [2.75, 3.05) is 25.1 Å². The lowest BCUT2D eigenvalue weighted by molar-refractivity contribution is 0.304. The Morgan fingerprint density at radius 3 is 2.64 bits per heavy atom. The first-order valence-electron chi connectivity index (χ1n) is 8.05. The number of aryl methyl sites for hydroxylation is 1. The van der Waals surface area contributed by atoms with Crippen LogP contribution in [0.5, 0.6) is 0 Å². The number of likely N-dealkylation sites (N-methyl/N-ethyl adjacent to an activating group) is 1. The number of hydrogen-bond acceptors (Lipinski definition) is 5. The van der Waals surface area contributed by atoms with E-state index in [1.807, 2.05) is 54.4 Å². The van der Waals surface area contributed by atoms with Gasteiger partial charge >= 0.3 is 0 Å². The molecule has 0 aliphatic heterocycles. The summed E-state index contributed by atoms with van der Waals surface area (Å²) >= 11 is 0. The van der Waals surface area contributed by atoms with E-state index in [9.17, 15) is 4.79 Å². The molecule has 3 aromatic rings. The molecule has 0 atom stereocenters. The van der Waals surface area contributed by atoms with Crippen LogP contribution in [0.4, 0.5) is 5.69 Å². The monoisotopic (exact) mass is 336 g/mol. The summed E-state index contributed by atoms with van der Waals surface area (Å²) in [4.78, 5) is 19.0. The van der Waals surface area contributed by atoms with Crippen LogP contribution >= 0.6 is 0 Å². The average Bonchev–Trinajstić information content (AvgIpc) is 2.62. The fourth-order valence-electron chi connectivity index (χ4n) is 2.59. The summed E-state index contributed by atoms with van der Waals surface area (Å²) in [5, 5.41) is 13.8. The molecule has 0 bridgehead atoms. The fraction of sp³-hybridized carbons (Fsp3) is 0.211. The van der Waals surface area contributed by atoms with Crippen molar-refractivity contribution >= 4 is 22.8 Å². The van der Waals surface area contributed by atoms with Crippen molar-refractivity contribution in [2.24, 2.45) is 5.10 Å². The largest absolute Gasteiger partial charge is 0.395 e. The quantitative estimate of drug-likeness (QED) is 0.724. The minimum atomic E-state index is -0.182. The number of aliphatic hydroxyl groups is 1. The molecule has 0 aliphatic carbocycles. The summed E-state index contributed by atoms with van der Waals surface area (Å²) in [6.45, 7) is 2.44. The van der Waals surface area contributed by atoms with E-state index < -0.39 is 0 Å². The van der Waals surface area contributed by atoms with Crippen molar-refractivity contribution in [3.05, 3.63) is 70.3 Å². The normalized spacial score (nSPS) is 11.3. The van der Waals surface area contributed by atoms with Crippen molar-refractivity contribution < 1.29 is 5.11 Å². The van der Waals surface area contributed by atoms with E-state index in [1.165, 1.54) is 4.68 Å². The van der Waals surface area contributed by atoms with Gasteiger partial charge in [-0.1, -0.05) is 24.3 Å². The van der Waals surface area contributed by atoms with Crippen LogP contribution in [0, 0.1) is 6.92 Å². The van der Waals surface area contributed by atoms with Crippen molar-refractivity contribution in [2.45, 2.75) is 6.92 Å². The van der Waals surface area contributed by atoms with E-state index in [-0.39, 0.29) is 12.2 Å². The van der Waals surface area contributed by atoms with Gasteiger partial charge < -0.3 is 10.0 Å². The number of rotatable bonds is 5. The highest BCUT2D eigenvalue weighted by Gasteiger charge is 2.06. The third-order valence-electron chi connectivity index (χ3n) is 4.01. The molecule has 3 rings (SSSR count). The third kappa shape index (κ3) is 3.59. The number of para-hydroxylation sites is 1. The molecule has 0 unspecified atom stereocenters. The Hall–Kier alpha value is -2.99. The molecule has 25 heavy (non-hydrogen) atoms. The molecule has 1 N–H and O–H groups in total. The molecule has 2 aromatic carbocycles. The van der Waals surface area contributed by atoms with E-state index >= 15 is 0 Å². The lowest BCUT2D eigenvalue weighted by Crippen LogP contribution is -2.21. The van der Waals surface area contributed by atoms with Gasteiger partial charge in [-0.05, 0) is 36.8 Å². The zero-order valence-electron chi connectivity index (χ0n) is 14.3. The van der Waals surface area contributed by atoms with Crippen LogP contribution in [0.3, 0.4) is 0 Å². The SMILES string of the molecule is Cc1nc2ccccc2c(=O)n1/N=C\c1ccc(N(C)CCO)cc1. The molecule has 1 aromatic heterocycles. The van der Waals surface area contributed by atoms with Crippen LogP contribution in [-0.2, 0) is 0 Å². The van der Waals surface area contributed by atoms with Gasteiger partial charge in [-0.25, -0.2) is 4.98 Å². The second kappa shape index (κ2) is 7.27. The summed E-state index contributed by atoms with van der Waals surface area (Å²) in [6.07, 6.45) is 1.64. The van der Waals surface area contributed by atoms with Crippen LogP contribution in [0.15, 0.2) is 58.4 Å². The van der Waals surface area contributed by atoms with Gasteiger partial charge in [0.2, 0.25) is 0 Å². The zero-order valence-corrected chi connectivity index (χ0v) is 14.3. The van der Waals surface area contributed by atoms with Gasteiger partial charge in [-0.15, -0.1) is 0 Å². The number of nitrogens with zero attached hydrogens (tertiary/aromatic N) is 4. The first-order valence-corrected chi connectivity index (χ1v) is 8.05. The van der Waals surface area contributed by atoms with Crippen molar-refractivity contribution in [3.8, 4) is 0 Å². The average molecular weight is 336 g/mol. The van der Waals surface area contributed by atoms with Crippen LogP contribution < -0.4 is 10.5 Å². The Kier molecular flexibility index (Phi) is 4.90. The maximum Gasteiger partial charge on any atom is 0.282 e. The molecule has 128 valence electrons. The lowest BCUT2D eigenvalue weighted by Gasteiger charge is -2.17. The van der Waals surface area contributed by atoms with Gasteiger partial charge in [0.25, 0.3) is 5.56 Å². The van der Waals surface area contributed by atoms with Gasteiger partial charge in [0.15, 0.2) is 0 Å². The molecule has 6 heteroatoms. The van der Waals surface area contributed by atoms with Crippen molar-refractivity contribution in [3.63, 3.8) is 0 Å². The predicted octanol–water partition coefficient (Wildman–Crippen LogP) is 2.02. The second-order valence-electron chi connectivity index (χ2n) is 5.77. The topological polar surface area (TPSA) is 70.7 Å². The number of hydrogen-bond donors (Lipinski definition) is 1.